The Bertz CT molecular complexity index is 1790. The van der Waals surface area contributed by atoms with E-state index in [1.807, 2.05) is 6.07 Å². The summed E-state index contributed by atoms with van der Waals surface area (Å²) in [7, 11) is -0.403. The Labute approximate surface area is 214 Å². The lowest BCUT2D eigenvalue weighted by Gasteiger charge is -2.32. The molecule has 0 atom stereocenters. The molecule has 0 unspecified atom stereocenters. The van der Waals surface area contributed by atoms with Gasteiger partial charge in [0.15, 0.2) is 0 Å². The Hall–Kier alpha value is -3.25. The number of nitrogens with zero attached hydrogens (tertiary/aromatic N) is 1. The second-order valence-electron chi connectivity index (χ2n) is 10.7. The van der Waals surface area contributed by atoms with E-state index in [9.17, 15) is 0 Å². The van der Waals surface area contributed by atoms with Gasteiger partial charge in [0.1, 0.15) is 5.01 Å². The molecule has 0 spiro atoms. The summed E-state index contributed by atoms with van der Waals surface area (Å²) in [5, 5.41) is 8.41. The molecule has 176 valence electrons. The highest BCUT2D eigenvalue weighted by atomic mass is 32.1. The van der Waals surface area contributed by atoms with Crippen LogP contribution in [0.1, 0.15) is 27.7 Å². The largest absolute Gasteiger partial charge is 0.495 e. The van der Waals surface area contributed by atoms with Crippen molar-refractivity contribution in [3.05, 3.63) is 84.9 Å². The summed E-state index contributed by atoms with van der Waals surface area (Å²) in [5.74, 6) is 0. The zero-order chi connectivity index (χ0) is 24.7. The fourth-order valence-corrected chi connectivity index (χ4v) is 6.41. The van der Waals surface area contributed by atoms with E-state index >= 15 is 0 Å². The molecule has 0 aliphatic carbocycles. The molecule has 5 aromatic carbocycles. The molecule has 6 aromatic rings. The maximum Gasteiger partial charge on any atom is 0.495 e. The third-order valence-electron chi connectivity index (χ3n) is 7.94. The molecule has 3 nitrogen and oxygen atoms in total. The van der Waals surface area contributed by atoms with E-state index in [2.05, 4.69) is 107 Å². The van der Waals surface area contributed by atoms with Crippen LogP contribution in [0.15, 0.2) is 84.9 Å². The van der Waals surface area contributed by atoms with E-state index < -0.39 is 7.12 Å². The van der Waals surface area contributed by atoms with Gasteiger partial charge in [-0.05, 0) is 66.2 Å². The van der Waals surface area contributed by atoms with Crippen LogP contribution in [0.25, 0.3) is 53.1 Å². The molecule has 0 N–H and O–H groups in total. The lowest BCUT2D eigenvalue weighted by molar-refractivity contribution is 0.00578. The van der Waals surface area contributed by atoms with Crippen LogP contribution in [-0.2, 0) is 9.31 Å². The van der Waals surface area contributed by atoms with Gasteiger partial charge in [0.2, 0.25) is 0 Å². The number of rotatable bonds is 2. The van der Waals surface area contributed by atoms with Gasteiger partial charge in [-0.25, -0.2) is 4.98 Å². The number of hydrogen-bond acceptors (Lipinski definition) is 4. The molecular weight excluding hydrogens is 461 g/mol. The van der Waals surface area contributed by atoms with Crippen LogP contribution in [0, 0.1) is 0 Å². The van der Waals surface area contributed by atoms with Gasteiger partial charge >= 0.3 is 7.12 Å². The maximum atomic E-state index is 6.45. The standard InChI is InChI=1S/C31H26BNO2S/c1-30(2)31(3,4)35-32(34-30)24-12-8-11-23-22(24)17-15-19-13-14-20-16-18-25-28(27(20)26(19)23)36-29(33-25)21-9-6-5-7-10-21/h5-18H,1-4H3. The molecule has 0 amide bonds. The first-order chi connectivity index (χ1) is 17.3. The maximum absolute atomic E-state index is 6.45. The third kappa shape index (κ3) is 3.16. The topological polar surface area (TPSA) is 31.4 Å². The SMILES string of the molecule is CC1(C)OB(c2cccc3c2ccc2ccc4ccc5nc(-c6ccccc6)sc5c4c23)OC1(C)C. The van der Waals surface area contributed by atoms with Gasteiger partial charge in [-0.2, -0.15) is 0 Å². The van der Waals surface area contributed by atoms with E-state index in [1.165, 1.54) is 37.0 Å². The summed E-state index contributed by atoms with van der Waals surface area (Å²) in [4.78, 5) is 5.01. The summed E-state index contributed by atoms with van der Waals surface area (Å²) in [6, 6.07) is 30.2. The highest BCUT2D eigenvalue weighted by molar-refractivity contribution is 7.22. The van der Waals surface area contributed by atoms with Crippen LogP contribution in [0.2, 0.25) is 0 Å². The molecule has 1 fully saturated rings. The van der Waals surface area contributed by atoms with Gasteiger partial charge < -0.3 is 9.31 Å². The molecule has 1 aliphatic heterocycles. The lowest BCUT2D eigenvalue weighted by Crippen LogP contribution is -2.41. The number of aromatic nitrogens is 1. The van der Waals surface area contributed by atoms with Crippen molar-refractivity contribution < 1.29 is 9.31 Å². The molecule has 0 bridgehead atoms. The summed E-state index contributed by atoms with van der Waals surface area (Å²) in [5.41, 5.74) is 2.50. The Morgan fingerprint density at radius 2 is 1.33 bits per heavy atom. The minimum Gasteiger partial charge on any atom is -0.399 e. The number of benzene rings is 5. The zero-order valence-electron chi connectivity index (χ0n) is 20.8. The van der Waals surface area contributed by atoms with Gasteiger partial charge in [-0.1, -0.05) is 78.9 Å². The molecule has 0 radical (unpaired) electrons. The van der Waals surface area contributed by atoms with Crippen molar-refractivity contribution >= 4 is 66.5 Å². The first-order valence-corrected chi connectivity index (χ1v) is 13.2. The summed E-state index contributed by atoms with van der Waals surface area (Å²) >= 11 is 1.77. The molecule has 5 heteroatoms. The fraction of sp³-hybridized carbons (Fsp3) is 0.194. The normalized spacial score (nSPS) is 17.1. The molecule has 2 heterocycles. The molecule has 36 heavy (non-hydrogen) atoms. The van der Waals surface area contributed by atoms with Gasteiger partial charge in [-0.3, -0.25) is 0 Å². The predicted octanol–water partition coefficient (Wildman–Crippen LogP) is 7.72. The zero-order valence-corrected chi connectivity index (χ0v) is 21.6. The van der Waals surface area contributed by atoms with Crippen LogP contribution in [0.4, 0.5) is 0 Å². The Balaban J connectivity index is 1.52. The lowest BCUT2D eigenvalue weighted by atomic mass is 9.75. The van der Waals surface area contributed by atoms with E-state index in [-0.39, 0.29) is 11.2 Å². The third-order valence-corrected chi connectivity index (χ3v) is 9.08. The quantitative estimate of drug-likeness (QED) is 0.185. The van der Waals surface area contributed by atoms with E-state index in [4.69, 9.17) is 14.3 Å². The average Bonchev–Trinajstić information content (AvgIpc) is 3.41. The summed E-state index contributed by atoms with van der Waals surface area (Å²) in [6.45, 7) is 8.41. The predicted molar refractivity (Wildman–Crippen MR) is 153 cm³/mol. The van der Waals surface area contributed by atoms with Crippen molar-refractivity contribution in [1.29, 1.82) is 0 Å². The molecule has 1 aliphatic rings. The van der Waals surface area contributed by atoms with Crippen molar-refractivity contribution in [3.63, 3.8) is 0 Å². The highest BCUT2D eigenvalue weighted by Gasteiger charge is 2.52. The van der Waals surface area contributed by atoms with Crippen molar-refractivity contribution in [2.24, 2.45) is 0 Å². The van der Waals surface area contributed by atoms with E-state index in [1.54, 1.807) is 11.3 Å². The van der Waals surface area contributed by atoms with Crippen molar-refractivity contribution in [3.8, 4) is 10.6 Å². The minimum atomic E-state index is -0.403. The molecule has 7 rings (SSSR count). The summed E-state index contributed by atoms with van der Waals surface area (Å²) in [6.07, 6.45) is 0. The van der Waals surface area contributed by atoms with Crippen LogP contribution < -0.4 is 5.46 Å². The van der Waals surface area contributed by atoms with Gasteiger partial charge in [-0.15, -0.1) is 11.3 Å². The Morgan fingerprint density at radius 3 is 2.08 bits per heavy atom. The Kier molecular flexibility index (Phi) is 4.66. The molecule has 0 saturated carbocycles. The van der Waals surface area contributed by atoms with Gasteiger partial charge in [0.25, 0.3) is 0 Å². The highest BCUT2D eigenvalue weighted by Crippen LogP contribution is 2.41. The first-order valence-electron chi connectivity index (χ1n) is 12.4. The van der Waals surface area contributed by atoms with Crippen molar-refractivity contribution in [1.82, 2.24) is 4.98 Å². The van der Waals surface area contributed by atoms with Gasteiger partial charge in [0.05, 0.1) is 21.4 Å². The second kappa shape index (κ2) is 7.63. The van der Waals surface area contributed by atoms with E-state index in [0.717, 1.165) is 21.6 Å². The van der Waals surface area contributed by atoms with Crippen LogP contribution in [0.3, 0.4) is 0 Å². The Morgan fingerprint density at radius 1 is 0.667 bits per heavy atom. The molecular formula is C31H26BNO2S. The minimum absolute atomic E-state index is 0.383. The number of thiazole rings is 1. The van der Waals surface area contributed by atoms with Crippen molar-refractivity contribution in [2.75, 3.05) is 0 Å². The fourth-order valence-electron chi connectivity index (χ4n) is 5.28. The first kappa shape index (κ1) is 22.0. The second-order valence-corrected chi connectivity index (χ2v) is 11.7. The number of fused-ring (bicyclic) bond motifs is 7. The summed E-state index contributed by atoms with van der Waals surface area (Å²) < 4.78 is 14.1. The van der Waals surface area contributed by atoms with Crippen molar-refractivity contribution in [2.45, 2.75) is 38.9 Å². The average molecular weight is 487 g/mol. The van der Waals surface area contributed by atoms with Crippen LogP contribution in [0.5, 0.6) is 0 Å². The monoisotopic (exact) mass is 487 g/mol. The smallest absolute Gasteiger partial charge is 0.399 e. The van der Waals surface area contributed by atoms with Crippen LogP contribution in [-0.4, -0.2) is 23.3 Å². The molecule has 1 saturated heterocycles. The van der Waals surface area contributed by atoms with Crippen LogP contribution >= 0.6 is 11.3 Å². The molecule has 1 aromatic heterocycles. The number of hydrogen-bond donors (Lipinski definition) is 0. The van der Waals surface area contributed by atoms with Gasteiger partial charge in [0, 0.05) is 10.9 Å². The van der Waals surface area contributed by atoms with E-state index in [0.29, 0.717) is 0 Å².